The molecule has 1 N–H and O–H groups in total. The smallest absolute Gasteiger partial charge is 0.330 e. The molecular weight excluding hydrogens is 192 g/mol. The number of carbonyl (C=O) groups excluding carboxylic acids is 1. The van der Waals surface area contributed by atoms with Gasteiger partial charge < -0.3 is 9.84 Å². The predicted octanol–water partition coefficient (Wildman–Crippen LogP) is 2.44. The highest BCUT2D eigenvalue weighted by Crippen LogP contribution is 2.05. The van der Waals surface area contributed by atoms with E-state index >= 15 is 0 Å². The van der Waals surface area contributed by atoms with E-state index in [4.69, 9.17) is 9.84 Å². The second kappa shape index (κ2) is 11.2. The molecule has 0 aliphatic rings. The number of esters is 1. The van der Waals surface area contributed by atoms with Crippen molar-refractivity contribution in [2.24, 2.45) is 0 Å². The molecule has 0 aromatic rings. The molecule has 0 saturated heterocycles. The molecule has 0 radical (unpaired) electrons. The van der Waals surface area contributed by atoms with Crippen molar-refractivity contribution in [2.75, 3.05) is 13.2 Å². The van der Waals surface area contributed by atoms with Gasteiger partial charge in [0.15, 0.2) is 0 Å². The van der Waals surface area contributed by atoms with Crippen LogP contribution in [0.1, 0.15) is 45.4 Å². The molecule has 88 valence electrons. The van der Waals surface area contributed by atoms with Gasteiger partial charge in [-0.3, -0.25) is 0 Å². The minimum atomic E-state index is -0.252. The van der Waals surface area contributed by atoms with Crippen molar-refractivity contribution < 1.29 is 14.6 Å². The molecule has 0 amide bonds. The first-order valence-electron chi connectivity index (χ1n) is 5.71. The van der Waals surface area contributed by atoms with Crippen LogP contribution in [0, 0.1) is 0 Å². The predicted molar refractivity (Wildman–Crippen MR) is 60.6 cm³/mol. The van der Waals surface area contributed by atoms with Gasteiger partial charge in [-0.05, 0) is 19.8 Å². The molecule has 0 atom stereocenters. The molecule has 0 rings (SSSR count). The Morgan fingerprint density at radius 2 is 1.73 bits per heavy atom. The van der Waals surface area contributed by atoms with Gasteiger partial charge in [0.05, 0.1) is 6.61 Å². The lowest BCUT2D eigenvalue weighted by atomic mass is 10.1. The Kier molecular flexibility index (Phi) is 10.6. The highest BCUT2D eigenvalue weighted by molar-refractivity contribution is 5.81. The molecule has 0 fully saturated rings. The Morgan fingerprint density at radius 1 is 1.13 bits per heavy atom. The Hall–Kier alpha value is -0.830. The lowest BCUT2D eigenvalue weighted by Gasteiger charge is -2.02. The molecule has 15 heavy (non-hydrogen) atoms. The van der Waals surface area contributed by atoms with Gasteiger partial charge in [-0.15, -0.1) is 0 Å². The van der Waals surface area contributed by atoms with E-state index in [1.54, 1.807) is 13.0 Å². The van der Waals surface area contributed by atoms with Crippen molar-refractivity contribution in [2.45, 2.75) is 45.4 Å². The summed E-state index contributed by atoms with van der Waals surface area (Å²) < 4.78 is 4.94. The lowest BCUT2D eigenvalue weighted by Crippen LogP contribution is -2.01. The van der Waals surface area contributed by atoms with E-state index in [-0.39, 0.29) is 5.97 Å². The number of aliphatic hydroxyl groups is 1. The van der Waals surface area contributed by atoms with E-state index in [0.29, 0.717) is 13.2 Å². The quantitative estimate of drug-likeness (QED) is 0.364. The summed E-state index contributed by atoms with van der Waals surface area (Å²) in [5.74, 6) is -0.252. The summed E-state index contributed by atoms with van der Waals surface area (Å²) in [5.41, 5.74) is 0. The summed E-state index contributed by atoms with van der Waals surface area (Å²) in [7, 11) is 0. The maximum absolute atomic E-state index is 10.9. The van der Waals surface area contributed by atoms with Crippen LogP contribution >= 0.6 is 0 Å². The molecule has 0 aliphatic carbocycles. The molecule has 0 aromatic heterocycles. The lowest BCUT2D eigenvalue weighted by molar-refractivity contribution is -0.137. The molecule has 0 unspecified atom stereocenters. The highest BCUT2D eigenvalue weighted by Gasteiger charge is 1.95. The van der Waals surface area contributed by atoms with Crippen LogP contribution in [0.2, 0.25) is 0 Å². The first kappa shape index (κ1) is 14.2. The normalized spacial score (nSPS) is 10.8. The van der Waals surface area contributed by atoms with Crippen molar-refractivity contribution in [1.82, 2.24) is 0 Å². The summed E-state index contributed by atoms with van der Waals surface area (Å²) in [6.45, 7) is 2.60. The van der Waals surface area contributed by atoms with Crippen LogP contribution in [-0.4, -0.2) is 24.3 Å². The molecule has 0 bridgehead atoms. The van der Waals surface area contributed by atoms with Crippen LogP contribution in [0.15, 0.2) is 12.2 Å². The second-order valence-electron chi connectivity index (χ2n) is 3.51. The molecule has 0 spiro atoms. The molecule has 0 aromatic carbocycles. The van der Waals surface area contributed by atoms with Crippen LogP contribution < -0.4 is 0 Å². The fraction of sp³-hybridized carbons (Fsp3) is 0.750. The number of aliphatic hydroxyl groups excluding tert-OH is 1. The van der Waals surface area contributed by atoms with Gasteiger partial charge >= 0.3 is 5.97 Å². The standard InChI is InChI=1S/C12H22O3/c1-2-9-12(14)15-11-8-6-4-3-5-7-10-13/h2,9,13H,3-8,10-11H2,1H3/b9-2+. The fourth-order valence-electron chi connectivity index (χ4n) is 1.28. The van der Waals surface area contributed by atoms with Gasteiger partial charge in [-0.2, -0.15) is 0 Å². The van der Waals surface area contributed by atoms with Gasteiger partial charge in [-0.25, -0.2) is 4.79 Å². The monoisotopic (exact) mass is 214 g/mol. The largest absolute Gasteiger partial charge is 0.463 e. The van der Waals surface area contributed by atoms with Gasteiger partial charge in [-0.1, -0.05) is 31.8 Å². The van der Waals surface area contributed by atoms with Crippen LogP contribution in [-0.2, 0) is 9.53 Å². The van der Waals surface area contributed by atoms with Gasteiger partial charge in [0, 0.05) is 12.7 Å². The summed E-state index contributed by atoms with van der Waals surface area (Å²) >= 11 is 0. The highest BCUT2D eigenvalue weighted by atomic mass is 16.5. The van der Waals surface area contributed by atoms with Gasteiger partial charge in [0.25, 0.3) is 0 Å². The van der Waals surface area contributed by atoms with Crippen LogP contribution in [0.3, 0.4) is 0 Å². The number of rotatable bonds is 9. The van der Waals surface area contributed by atoms with E-state index in [2.05, 4.69) is 0 Å². The third kappa shape index (κ3) is 11.1. The zero-order chi connectivity index (χ0) is 11.4. The second-order valence-corrected chi connectivity index (χ2v) is 3.51. The molecule has 3 nitrogen and oxygen atoms in total. The maximum atomic E-state index is 10.9. The Bertz CT molecular complexity index is 176. The minimum Gasteiger partial charge on any atom is -0.463 e. The number of hydrogen-bond donors (Lipinski definition) is 1. The fourth-order valence-corrected chi connectivity index (χ4v) is 1.28. The average molecular weight is 214 g/mol. The van der Waals surface area contributed by atoms with E-state index in [1.807, 2.05) is 0 Å². The zero-order valence-electron chi connectivity index (χ0n) is 9.58. The van der Waals surface area contributed by atoms with Gasteiger partial charge in [0.2, 0.25) is 0 Å². The van der Waals surface area contributed by atoms with Gasteiger partial charge in [0.1, 0.15) is 0 Å². The van der Waals surface area contributed by atoms with Crippen molar-refractivity contribution in [3.05, 3.63) is 12.2 Å². The molecule has 0 saturated carbocycles. The first-order valence-corrected chi connectivity index (χ1v) is 5.71. The number of ether oxygens (including phenoxy) is 1. The van der Waals surface area contributed by atoms with Crippen molar-refractivity contribution >= 4 is 5.97 Å². The Balaban J connectivity index is 3.08. The van der Waals surface area contributed by atoms with E-state index in [1.165, 1.54) is 6.08 Å². The topological polar surface area (TPSA) is 46.5 Å². The average Bonchev–Trinajstić information content (AvgIpc) is 2.22. The SMILES string of the molecule is C/C=C/C(=O)OCCCCCCCCO. The third-order valence-electron chi connectivity index (χ3n) is 2.10. The van der Waals surface area contributed by atoms with Crippen LogP contribution in [0.25, 0.3) is 0 Å². The third-order valence-corrected chi connectivity index (χ3v) is 2.10. The number of hydrogen-bond acceptors (Lipinski definition) is 3. The molecule has 0 aliphatic heterocycles. The maximum Gasteiger partial charge on any atom is 0.330 e. The Morgan fingerprint density at radius 3 is 2.33 bits per heavy atom. The molecule has 3 heteroatoms. The molecule has 0 heterocycles. The summed E-state index contributed by atoms with van der Waals surface area (Å²) in [4.78, 5) is 10.9. The zero-order valence-corrected chi connectivity index (χ0v) is 9.58. The summed E-state index contributed by atoms with van der Waals surface area (Å²) in [6, 6.07) is 0. The minimum absolute atomic E-state index is 0.252. The Labute approximate surface area is 92.1 Å². The van der Waals surface area contributed by atoms with E-state index in [0.717, 1.165) is 38.5 Å². The molecular formula is C12H22O3. The van der Waals surface area contributed by atoms with Crippen LogP contribution in [0.4, 0.5) is 0 Å². The van der Waals surface area contributed by atoms with Crippen molar-refractivity contribution in [3.63, 3.8) is 0 Å². The van der Waals surface area contributed by atoms with Crippen LogP contribution in [0.5, 0.6) is 0 Å². The van der Waals surface area contributed by atoms with E-state index in [9.17, 15) is 4.79 Å². The summed E-state index contributed by atoms with van der Waals surface area (Å²) in [5, 5.41) is 8.55. The van der Waals surface area contributed by atoms with Crippen molar-refractivity contribution in [1.29, 1.82) is 0 Å². The number of unbranched alkanes of at least 4 members (excludes halogenated alkanes) is 5. The first-order chi connectivity index (χ1) is 7.31. The van der Waals surface area contributed by atoms with E-state index < -0.39 is 0 Å². The summed E-state index contributed by atoms with van der Waals surface area (Å²) in [6.07, 6.45) is 9.44. The van der Waals surface area contributed by atoms with Crippen molar-refractivity contribution in [3.8, 4) is 0 Å². The number of allylic oxidation sites excluding steroid dienone is 1. The number of carbonyl (C=O) groups is 1.